The molecule has 1 aromatic heterocycles. The number of morpholine rings is 1. The van der Waals surface area contributed by atoms with Crippen molar-refractivity contribution in [3.05, 3.63) is 77.6 Å². The zero-order valence-electron chi connectivity index (χ0n) is 25.3. The van der Waals surface area contributed by atoms with E-state index in [1.165, 1.54) is 23.8 Å². The molecule has 3 heterocycles. The minimum Gasteiger partial charge on any atom is -0.360 e. The fourth-order valence-corrected chi connectivity index (χ4v) is 5.43. The number of fused-ring (bicyclic) bond motifs is 2. The predicted octanol–water partition coefficient (Wildman–Crippen LogP) is 0.680. The van der Waals surface area contributed by atoms with Gasteiger partial charge < -0.3 is 35.0 Å². The van der Waals surface area contributed by atoms with Crippen LogP contribution in [-0.4, -0.2) is 102 Å². The zero-order valence-corrected chi connectivity index (χ0v) is 25.3. The van der Waals surface area contributed by atoms with Crippen molar-refractivity contribution >= 4 is 29.5 Å². The Labute approximate surface area is 260 Å². The summed E-state index contributed by atoms with van der Waals surface area (Å²) < 4.78 is 11.5. The molecule has 0 radical (unpaired) electrons. The Morgan fingerprint density at radius 2 is 1.64 bits per heavy atom. The van der Waals surface area contributed by atoms with E-state index in [-0.39, 0.29) is 38.2 Å². The summed E-state index contributed by atoms with van der Waals surface area (Å²) in [4.78, 5) is 69.5. The van der Waals surface area contributed by atoms with Gasteiger partial charge in [0.05, 0.1) is 19.2 Å². The number of rotatable bonds is 4. The van der Waals surface area contributed by atoms with Crippen molar-refractivity contribution in [1.82, 2.24) is 30.9 Å². The predicted molar refractivity (Wildman–Crippen MR) is 162 cm³/mol. The van der Waals surface area contributed by atoms with Crippen LogP contribution < -0.4 is 16.0 Å². The van der Waals surface area contributed by atoms with E-state index in [1.807, 2.05) is 60.7 Å². The number of hydrogen-bond acceptors (Lipinski definition) is 8. The average molecular weight is 617 g/mol. The van der Waals surface area contributed by atoms with Gasteiger partial charge in [-0.1, -0.05) is 65.8 Å². The van der Waals surface area contributed by atoms with Gasteiger partial charge in [-0.2, -0.15) is 0 Å². The molecule has 45 heavy (non-hydrogen) atoms. The number of likely N-dealkylation sites (N-methyl/N-ethyl adjacent to an activating group) is 1. The Kier molecular flexibility index (Phi) is 9.57. The van der Waals surface area contributed by atoms with Crippen LogP contribution in [0, 0.1) is 6.92 Å². The van der Waals surface area contributed by atoms with Gasteiger partial charge in [0.15, 0.2) is 6.10 Å². The molecule has 236 valence electrons. The molecule has 0 unspecified atom stereocenters. The Morgan fingerprint density at radius 1 is 0.956 bits per heavy atom. The monoisotopic (exact) mass is 616 g/mol. The third-order valence-electron chi connectivity index (χ3n) is 7.80. The number of benzene rings is 2. The summed E-state index contributed by atoms with van der Waals surface area (Å²) in [6.45, 7) is 2.75. The van der Waals surface area contributed by atoms with Gasteiger partial charge in [-0.05, 0) is 19.4 Å². The van der Waals surface area contributed by atoms with E-state index < -0.39 is 53.8 Å². The third kappa shape index (κ3) is 7.37. The smallest absolute Gasteiger partial charge is 0.259 e. The van der Waals surface area contributed by atoms with E-state index in [1.54, 1.807) is 6.92 Å². The fourth-order valence-electron chi connectivity index (χ4n) is 5.43. The highest BCUT2D eigenvalue weighted by Gasteiger charge is 2.39. The molecule has 2 aliphatic rings. The molecule has 2 aromatic carbocycles. The lowest BCUT2D eigenvalue weighted by atomic mass is 10.0. The van der Waals surface area contributed by atoms with Gasteiger partial charge in [-0.15, -0.1) is 0 Å². The first-order valence-corrected chi connectivity index (χ1v) is 14.7. The Balaban J connectivity index is 1.46. The van der Waals surface area contributed by atoms with Crippen LogP contribution in [0.4, 0.5) is 0 Å². The maximum absolute atomic E-state index is 14.0. The second-order valence-corrected chi connectivity index (χ2v) is 11.3. The van der Waals surface area contributed by atoms with E-state index in [2.05, 4.69) is 21.1 Å². The number of carbonyl (C=O) groups is 5. The van der Waals surface area contributed by atoms with E-state index in [0.29, 0.717) is 17.0 Å². The minimum atomic E-state index is -1.16. The van der Waals surface area contributed by atoms with Crippen molar-refractivity contribution in [3.8, 4) is 11.3 Å². The van der Waals surface area contributed by atoms with Crippen LogP contribution in [0.1, 0.15) is 28.6 Å². The van der Waals surface area contributed by atoms with Gasteiger partial charge in [0.25, 0.3) is 11.8 Å². The number of nitrogens with one attached hydrogen (secondary N) is 3. The summed E-state index contributed by atoms with van der Waals surface area (Å²) in [5.74, 6) is -2.22. The van der Waals surface area contributed by atoms with Crippen LogP contribution in [0.2, 0.25) is 0 Å². The molecular weight excluding hydrogens is 580 g/mol. The first-order valence-electron chi connectivity index (χ1n) is 14.7. The molecule has 2 fully saturated rings. The molecule has 0 saturated carbocycles. The number of aryl methyl sites for hydroxylation is 1. The van der Waals surface area contributed by atoms with Gasteiger partial charge in [-0.25, -0.2) is 0 Å². The van der Waals surface area contributed by atoms with E-state index in [0.717, 1.165) is 5.56 Å². The van der Waals surface area contributed by atoms with Crippen molar-refractivity contribution in [2.24, 2.45) is 0 Å². The highest BCUT2D eigenvalue weighted by molar-refractivity contribution is 6.01. The molecule has 0 aliphatic carbocycles. The van der Waals surface area contributed by atoms with E-state index in [9.17, 15) is 24.0 Å². The first kappa shape index (κ1) is 31.4. The van der Waals surface area contributed by atoms with Crippen LogP contribution in [0.5, 0.6) is 0 Å². The topological polar surface area (TPSA) is 163 Å². The Morgan fingerprint density at radius 3 is 2.36 bits per heavy atom. The maximum Gasteiger partial charge on any atom is 0.259 e. The van der Waals surface area contributed by atoms with E-state index in [4.69, 9.17) is 9.26 Å². The number of ether oxygens (including phenoxy) is 1. The lowest BCUT2D eigenvalue weighted by molar-refractivity contribution is -0.148. The van der Waals surface area contributed by atoms with Crippen LogP contribution in [0.3, 0.4) is 0 Å². The normalized spacial score (nSPS) is 23.4. The van der Waals surface area contributed by atoms with Crippen molar-refractivity contribution in [3.63, 3.8) is 0 Å². The summed E-state index contributed by atoms with van der Waals surface area (Å²) in [6.07, 6.45) is -1.78. The highest BCUT2D eigenvalue weighted by Crippen LogP contribution is 2.27. The lowest BCUT2D eigenvalue weighted by Gasteiger charge is -2.38. The Bertz CT molecular complexity index is 1560. The highest BCUT2D eigenvalue weighted by atomic mass is 16.5. The molecule has 2 bridgehead atoms. The standard InChI is InChI=1S/C32H36N6O7/c1-19-29(40)33-15-23-16-38(32(43)27-20(2)45-36-28(27)22-12-8-5-9-13-22)17-25(44-23)30(41)35-24(14-21-10-6-4-7-11-21)31(42)37(3)18-26(39)34-19/h4-13,19,23-25H,14-18H2,1-3H3,(H,33,40)(H,34,39)(H,35,41)/t19-,23+,24-,25-/m1/s1. The molecule has 5 amide bonds. The largest absolute Gasteiger partial charge is 0.360 e. The van der Waals surface area contributed by atoms with Crippen molar-refractivity contribution in [2.75, 3.05) is 33.2 Å². The molecule has 13 nitrogen and oxygen atoms in total. The van der Waals surface area contributed by atoms with Crippen molar-refractivity contribution < 1.29 is 33.2 Å². The zero-order chi connectivity index (χ0) is 32.1. The van der Waals surface area contributed by atoms with E-state index >= 15 is 0 Å². The molecule has 2 saturated heterocycles. The summed E-state index contributed by atoms with van der Waals surface area (Å²) >= 11 is 0. The number of nitrogens with zero attached hydrogens (tertiary/aromatic N) is 3. The van der Waals surface area contributed by atoms with Crippen molar-refractivity contribution in [1.29, 1.82) is 0 Å². The molecule has 2 aliphatic heterocycles. The first-order chi connectivity index (χ1) is 21.6. The molecule has 3 N–H and O–H groups in total. The molecule has 0 spiro atoms. The SMILES string of the molecule is Cc1onc(-c2ccccc2)c1C(=O)N1C[C@@H]2CNC(=O)[C@@H](C)NC(=O)CN(C)C(=O)[C@@H](Cc3ccccc3)NC(=O)[C@@H](C1)O2. The third-order valence-corrected chi connectivity index (χ3v) is 7.80. The summed E-state index contributed by atoms with van der Waals surface area (Å²) in [5.41, 5.74) is 2.11. The number of amides is 5. The van der Waals surface area contributed by atoms with Gasteiger partial charge in [0, 0.05) is 32.1 Å². The van der Waals surface area contributed by atoms with Gasteiger partial charge in [-0.3, -0.25) is 24.0 Å². The van der Waals surface area contributed by atoms with Crippen LogP contribution >= 0.6 is 0 Å². The van der Waals surface area contributed by atoms with Crippen LogP contribution in [0.15, 0.2) is 65.2 Å². The minimum absolute atomic E-state index is 0.0347. The molecule has 13 heteroatoms. The van der Waals surface area contributed by atoms with Gasteiger partial charge in [0.2, 0.25) is 17.7 Å². The molecule has 4 atom stereocenters. The number of carbonyl (C=O) groups excluding carboxylic acids is 5. The molecule has 3 aromatic rings. The van der Waals surface area contributed by atoms with Gasteiger partial charge in [0.1, 0.15) is 29.1 Å². The second-order valence-electron chi connectivity index (χ2n) is 11.3. The number of aromatic nitrogens is 1. The Hall–Kier alpha value is -5.04. The summed E-state index contributed by atoms with van der Waals surface area (Å²) in [7, 11) is 1.45. The van der Waals surface area contributed by atoms with Gasteiger partial charge >= 0.3 is 0 Å². The van der Waals surface area contributed by atoms with Crippen LogP contribution in [-0.2, 0) is 30.3 Å². The number of hydrogen-bond donors (Lipinski definition) is 3. The second kappa shape index (κ2) is 13.7. The maximum atomic E-state index is 14.0. The average Bonchev–Trinajstić information content (AvgIpc) is 3.43. The van der Waals surface area contributed by atoms with Crippen LogP contribution in [0.25, 0.3) is 11.3 Å². The fraction of sp³-hybridized carbons (Fsp3) is 0.375. The molecule has 5 rings (SSSR count). The summed E-state index contributed by atoms with van der Waals surface area (Å²) in [6, 6.07) is 16.4. The molecular formula is C32H36N6O7. The quantitative estimate of drug-likeness (QED) is 0.385. The van der Waals surface area contributed by atoms with Crippen molar-refractivity contribution in [2.45, 2.75) is 44.6 Å². The summed E-state index contributed by atoms with van der Waals surface area (Å²) in [5, 5.41) is 12.3. The lowest BCUT2D eigenvalue weighted by Crippen LogP contribution is -2.59.